The van der Waals surface area contributed by atoms with Crippen molar-refractivity contribution >= 4 is 11.9 Å². The molecule has 0 aliphatic carbocycles. The van der Waals surface area contributed by atoms with Gasteiger partial charge in [-0.2, -0.15) is 0 Å². The van der Waals surface area contributed by atoms with Crippen molar-refractivity contribution < 1.29 is 45.3 Å². The van der Waals surface area contributed by atoms with Crippen LogP contribution in [-0.4, -0.2) is 80.7 Å². The van der Waals surface area contributed by atoms with E-state index in [1.54, 1.807) is 13.8 Å². The molecule has 26 heavy (non-hydrogen) atoms. The molecule has 0 heterocycles. The third kappa shape index (κ3) is 24.5. The maximum Gasteiger partial charge on any atom is 0.327 e. The fraction of sp³-hybridized carbons (Fsp3) is 0.647. The topological polar surface area (TPSA) is 176 Å². The third-order valence-electron chi connectivity index (χ3n) is 2.96. The van der Waals surface area contributed by atoms with Crippen molar-refractivity contribution in [3.8, 4) is 0 Å². The van der Waals surface area contributed by atoms with Gasteiger partial charge in [0.15, 0.2) is 0 Å². The molecule has 0 radical (unpaired) electrons. The molecule has 0 aromatic heterocycles. The highest BCUT2D eigenvalue weighted by molar-refractivity contribution is 5.79. The van der Waals surface area contributed by atoms with Crippen LogP contribution in [0.3, 0.4) is 0 Å². The van der Waals surface area contributed by atoms with Crippen LogP contribution in [0, 0.1) is 10.8 Å². The summed E-state index contributed by atoms with van der Waals surface area (Å²) in [6.07, 6.45) is 2.26. The summed E-state index contributed by atoms with van der Waals surface area (Å²) in [4.78, 5) is 18.5. The first kappa shape index (κ1) is 31.9. The van der Waals surface area contributed by atoms with E-state index in [1.165, 1.54) is 0 Å². The van der Waals surface area contributed by atoms with Gasteiger partial charge in [0.1, 0.15) is 0 Å². The first-order valence-electron chi connectivity index (χ1n) is 7.66. The number of aliphatic hydroxyl groups excluding tert-OH is 5. The quantitative estimate of drug-likeness (QED) is 0.282. The fourth-order valence-electron chi connectivity index (χ4n) is 0.535. The average molecular weight is 382 g/mol. The van der Waals surface area contributed by atoms with Gasteiger partial charge in [0.25, 0.3) is 0 Å². The van der Waals surface area contributed by atoms with Gasteiger partial charge in [-0.1, -0.05) is 33.9 Å². The highest BCUT2D eigenvalue weighted by Crippen LogP contribution is 2.18. The number of carboxylic acids is 2. The average Bonchev–Trinajstić information content (AvgIpc) is 2.65. The molecule has 9 nitrogen and oxygen atoms in total. The number of hydrogen-bond donors (Lipinski definition) is 7. The zero-order chi connectivity index (χ0) is 21.8. The minimum atomic E-state index is -0.981. The first-order chi connectivity index (χ1) is 11.9. The number of aliphatic hydroxyl groups is 5. The zero-order valence-electron chi connectivity index (χ0n) is 15.8. The van der Waals surface area contributed by atoms with Gasteiger partial charge in [-0.15, -0.1) is 0 Å². The Morgan fingerprint density at radius 2 is 1.00 bits per heavy atom. The predicted octanol–water partition coefficient (Wildman–Crippen LogP) is -0.129. The lowest BCUT2D eigenvalue weighted by molar-refractivity contribution is -0.132. The summed E-state index contributed by atoms with van der Waals surface area (Å²) < 4.78 is 0. The van der Waals surface area contributed by atoms with Gasteiger partial charge in [0, 0.05) is 23.0 Å². The standard InChI is InChI=1S/C6H14O3.C5H12O2.2C3H4O2/c1-2-6(3-7,4-8)5-9;1-5(2,3-6)4-7;2*1-2-3(4)5/h7-9H,2-5H2,1H3;6-7H,3-4H2,1-2H3;2*2H,1H2,(H,4,5). The fourth-order valence-corrected chi connectivity index (χ4v) is 0.535. The van der Waals surface area contributed by atoms with E-state index in [-0.39, 0.29) is 38.4 Å². The molecule has 0 aromatic rings. The van der Waals surface area contributed by atoms with E-state index in [0.29, 0.717) is 6.42 Å². The molecule has 0 aliphatic heterocycles. The van der Waals surface area contributed by atoms with Gasteiger partial charge in [-0.25, -0.2) is 9.59 Å². The summed E-state index contributed by atoms with van der Waals surface area (Å²) in [5.74, 6) is -1.96. The Balaban J connectivity index is -0.000000128. The van der Waals surface area contributed by atoms with Crippen molar-refractivity contribution in [2.75, 3.05) is 33.0 Å². The van der Waals surface area contributed by atoms with Gasteiger partial charge < -0.3 is 35.7 Å². The summed E-state index contributed by atoms with van der Waals surface area (Å²) in [5, 5.41) is 58.0. The van der Waals surface area contributed by atoms with Crippen LogP contribution < -0.4 is 0 Å². The van der Waals surface area contributed by atoms with Crippen LogP contribution >= 0.6 is 0 Å². The van der Waals surface area contributed by atoms with E-state index in [4.69, 9.17) is 35.7 Å². The smallest absolute Gasteiger partial charge is 0.327 e. The van der Waals surface area contributed by atoms with E-state index in [0.717, 1.165) is 12.2 Å². The van der Waals surface area contributed by atoms with Gasteiger partial charge in [0.2, 0.25) is 0 Å². The van der Waals surface area contributed by atoms with Crippen LogP contribution in [0.25, 0.3) is 0 Å². The largest absolute Gasteiger partial charge is 0.478 e. The Hall–Kier alpha value is -1.78. The SMILES string of the molecule is C=CC(=O)O.C=CC(=O)O.CC(C)(CO)CO.CCC(CO)(CO)CO. The summed E-state index contributed by atoms with van der Waals surface area (Å²) in [7, 11) is 0. The van der Waals surface area contributed by atoms with Crippen molar-refractivity contribution in [1.82, 2.24) is 0 Å². The van der Waals surface area contributed by atoms with Crippen LogP contribution in [0.4, 0.5) is 0 Å². The third-order valence-corrected chi connectivity index (χ3v) is 2.96. The molecule has 0 unspecified atom stereocenters. The van der Waals surface area contributed by atoms with Gasteiger partial charge >= 0.3 is 11.9 Å². The van der Waals surface area contributed by atoms with Gasteiger partial charge in [0.05, 0.1) is 33.0 Å². The molecule has 9 heteroatoms. The minimum absolute atomic E-state index is 0.0451. The second-order valence-electron chi connectivity index (χ2n) is 5.89. The molecular formula is C17H34O9. The maximum absolute atomic E-state index is 9.25. The maximum atomic E-state index is 9.25. The molecule has 0 fully saturated rings. The number of aliphatic carboxylic acids is 2. The number of rotatable bonds is 8. The van der Waals surface area contributed by atoms with Crippen molar-refractivity contribution in [3.63, 3.8) is 0 Å². The Morgan fingerprint density at radius 3 is 1.00 bits per heavy atom. The van der Waals surface area contributed by atoms with Crippen LogP contribution in [0.2, 0.25) is 0 Å². The minimum Gasteiger partial charge on any atom is -0.478 e. The Bertz CT molecular complexity index is 333. The lowest BCUT2D eigenvalue weighted by Crippen LogP contribution is -2.32. The van der Waals surface area contributed by atoms with Crippen molar-refractivity contribution in [2.24, 2.45) is 10.8 Å². The second kappa shape index (κ2) is 19.5. The van der Waals surface area contributed by atoms with E-state index < -0.39 is 17.4 Å². The highest BCUT2D eigenvalue weighted by atomic mass is 16.4. The Kier molecular flexibility index (Phi) is 24.0. The zero-order valence-corrected chi connectivity index (χ0v) is 15.8. The number of carboxylic acid groups (broad SMARTS) is 2. The Labute approximate surface area is 154 Å². The molecule has 7 N–H and O–H groups in total. The highest BCUT2D eigenvalue weighted by Gasteiger charge is 2.24. The van der Waals surface area contributed by atoms with Gasteiger partial charge in [-0.05, 0) is 6.42 Å². The summed E-state index contributed by atoms with van der Waals surface area (Å²) in [5.41, 5.74) is -0.972. The first-order valence-corrected chi connectivity index (χ1v) is 7.66. The van der Waals surface area contributed by atoms with Crippen LogP contribution in [0.1, 0.15) is 27.2 Å². The summed E-state index contributed by atoms with van der Waals surface area (Å²) in [6.45, 7) is 11.0. The van der Waals surface area contributed by atoms with Crippen LogP contribution in [0.15, 0.2) is 25.3 Å². The molecule has 0 saturated heterocycles. The molecule has 0 saturated carbocycles. The molecule has 0 bridgehead atoms. The van der Waals surface area contributed by atoms with E-state index >= 15 is 0 Å². The second-order valence-corrected chi connectivity index (χ2v) is 5.89. The molecule has 0 spiro atoms. The normalized spacial score (nSPS) is 9.85. The molecule has 0 aromatic carbocycles. The monoisotopic (exact) mass is 382 g/mol. The summed E-state index contributed by atoms with van der Waals surface area (Å²) >= 11 is 0. The van der Waals surface area contributed by atoms with E-state index in [2.05, 4.69) is 13.2 Å². The molecular weight excluding hydrogens is 348 g/mol. The number of carbonyl (C=O) groups is 2. The van der Waals surface area contributed by atoms with Crippen molar-refractivity contribution in [2.45, 2.75) is 27.2 Å². The molecule has 0 rings (SSSR count). The molecule has 0 amide bonds. The number of hydrogen-bond acceptors (Lipinski definition) is 7. The van der Waals surface area contributed by atoms with E-state index in [9.17, 15) is 9.59 Å². The van der Waals surface area contributed by atoms with Gasteiger partial charge in [-0.3, -0.25) is 0 Å². The lowest BCUT2D eigenvalue weighted by atomic mass is 9.88. The summed E-state index contributed by atoms with van der Waals surface area (Å²) in [6, 6.07) is 0. The lowest BCUT2D eigenvalue weighted by Gasteiger charge is -2.24. The van der Waals surface area contributed by atoms with Crippen LogP contribution in [-0.2, 0) is 9.59 Å². The van der Waals surface area contributed by atoms with Crippen molar-refractivity contribution in [3.05, 3.63) is 25.3 Å². The Morgan fingerprint density at radius 1 is 0.769 bits per heavy atom. The van der Waals surface area contributed by atoms with Crippen LogP contribution in [0.5, 0.6) is 0 Å². The van der Waals surface area contributed by atoms with E-state index in [1.807, 2.05) is 6.92 Å². The molecule has 156 valence electrons. The molecule has 0 aliphatic rings. The molecule has 0 atom stereocenters. The predicted molar refractivity (Wildman–Crippen MR) is 97.6 cm³/mol. The van der Waals surface area contributed by atoms with Crippen molar-refractivity contribution in [1.29, 1.82) is 0 Å².